The van der Waals surface area contributed by atoms with E-state index in [-0.39, 0.29) is 14.0 Å². The van der Waals surface area contributed by atoms with Gasteiger partial charge in [0.05, 0.1) is 36.3 Å². The van der Waals surface area contributed by atoms with Crippen molar-refractivity contribution in [2.24, 2.45) is 0 Å². The number of pyridine rings is 1. The van der Waals surface area contributed by atoms with Gasteiger partial charge in [0.1, 0.15) is 5.82 Å². The summed E-state index contributed by atoms with van der Waals surface area (Å²) in [5.41, 5.74) is 2.91. The average Bonchev–Trinajstić information content (AvgIpc) is 2.94. The molecule has 2 aliphatic rings. The van der Waals surface area contributed by atoms with E-state index in [4.69, 9.17) is 4.74 Å². The first-order chi connectivity index (χ1) is 18.4. The summed E-state index contributed by atoms with van der Waals surface area (Å²) >= 11 is 0. The van der Waals surface area contributed by atoms with Gasteiger partial charge in [-0.2, -0.15) is 0 Å². The van der Waals surface area contributed by atoms with Crippen LogP contribution in [0.3, 0.4) is 0 Å². The van der Waals surface area contributed by atoms with E-state index in [1.165, 1.54) is 18.9 Å². The Morgan fingerprint density at radius 1 is 1.16 bits per heavy atom. The van der Waals surface area contributed by atoms with Gasteiger partial charge in [-0.1, -0.05) is 19.1 Å². The maximum Gasteiger partial charge on any atom is 0.254 e. The molecule has 0 radical (unpaired) electrons. The molecule has 1 fully saturated rings. The molecule has 8 nitrogen and oxygen atoms in total. The molecular weight excluding hydrogens is 483 g/mol. The first-order valence-electron chi connectivity index (χ1n) is 13.2. The quantitative estimate of drug-likeness (QED) is 0.457. The first kappa shape index (κ1) is 26.1. The van der Waals surface area contributed by atoms with Crippen LogP contribution in [0.25, 0.3) is 11.6 Å². The second kappa shape index (κ2) is 11.0. The number of methoxy groups -OCH3 is 1. The number of H-pyrrole nitrogens is 1. The highest BCUT2D eigenvalue weighted by Gasteiger charge is 2.38. The number of ether oxygens (including phenoxy) is 1. The van der Waals surface area contributed by atoms with Gasteiger partial charge >= 0.3 is 0 Å². The van der Waals surface area contributed by atoms with Gasteiger partial charge in [-0.15, -0.1) is 0 Å². The van der Waals surface area contributed by atoms with E-state index in [1.54, 1.807) is 12.3 Å². The van der Waals surface area contributed by atoms with E-state index in [9.17, 15) is 9.18 Å². The number of rotatable bonds is 8. The van der Waals surface area contributed by atoms with E-state index in [0.717, 1.165) is 63.1 Å². The van der Waals surface area contributed by atoms with Crippen LogP contribution in [-0.4, -0.2) is 71.1 Å². The van der Waals surface area contributed by atoms with E-state index >= 15 is 0 Å². The van der Waals surface area contributed by atoms with E-state index in [1.807, 2.05) is 19.1 Å². The number of aromatic nitrogens is 3. The summed E-state index contributed by atoms with van der Waals surface area (Å²) in [6.45, 7) is 10.8. The predicted molar refractivity (Wildman–Crippen MR) is 152 cm³/mol. The number of piperazine rings is 1. The third kappa shape index (κ3) is 5.49. The number of nitrogens with zero attached hydrogens (tertiary/aromatic N) is 4. The fraction of sp³-hybridized carbons (Fsp3) is 0.414. The molecule has 1 aliphatic heterocycles. The van der Waals surface area contributed by atoms with E-state index in [0.29, 0.717) is 23.6 Å². The monoisotopic (exact) mass is 522 g/mol. The van der Waals surface area contributed by atoms with Crippen LogP contribution >= 0.6 is 0 Å². The normalized spacial score (nSPS) is 20.1. The standard InChI is InChI=1S/C29H35FN6O2.2H2/c1-4-35-11-13-36(14-12-35)10-9-20-5-7-22(8-6-20)34-29(2)16-21(25-18-31-19-26(33-25)38-3)15-23-24(30)17-32-28(37)27(23)29;;/h5-8,15,17-19,34H,4,9-14,16H2,1-3H3,(H,32,37);2*1H. The number of hydrogen-bond acceptors (Lipinski definition) is 7. The number of nitrogens with one attached hydrogen (secondary N) is 2. The van der Waals surface area contributed by atoms with Gasteiger partial charge in [0, 0.05) is 59.4 Å². The van der Waals surface area contributed by atoms with Crippen molar-refractivity contribution in [1.29, 1.82) is 0 Å². The number of likely N-dealkylation sites (N-methyl/N-ethyl adjacent to an activating group) is 1. The largest absolute Gasteiger partial charge is 0.480 e. The van der Waals surface area contributed by atoms with Crippen LogP contribution in [0, 0.1) is 5.82 Å². The molecule has 1 atom stereocenters. The van der Waals surface area contributed by atoms with Crippen LogP contribution in [-0.2, 0) is 12.0 Å². The Morgan fingerprint density at radius 2 is 1.89 bits per heavy atom. The Hall–Kier alpha value is -3.56. The van der Waals surface area contributed by atoms with Crippen LogP contribution in [0.2, 0.25) is 0 Å². The summed E-state index contributed by atoms with van der Waals surface area (Å²) in [4.78, 5) is 29.2. The number of aromatic amines is 1. The third-order valence-corrected chi connectivity index (χ3v) is 7.65. The molecule has 1 unspecified atom stereocenters. The van der Waals surface area contributed by atoms with Crippen molar-refractivity contribution in [3.05, 3.63) is 81.4 Å². The molecular formula is C29H39FN6O2. The zero-order valence-electron chi connectivity index (χ0n) is 22.3. The van der Waals surface area contributed by atoms with Gasteiger partial charge in [-0.05, 0) is 49.2 Å². The van der Waals surface area contributed by atoms with Crippen molar-refractivity contribution >= 4 is 17.3 Å². The number of fused-ring (bicyclic) bond motifs is 1. The van der Waals surface area contributed by atoms with Crippen molar-refractivity contribution in [3.63, 3.8) is 0 Å². The summed E-state index contributed by atoms with van der Waals surface area (Å²) < 4.78 is 20.2. The average molecular weight is 523 g/mol. The van der Waals surface area contributed by atoms with Crippen molar-refractivity contribution < 1.29 is 12.0 Å². The van der Waals surface area contributed by atoms with E-state index in [2.05, 4.69) is 49.1 Å². The Morgan fingerprint density at radius 3 is 2.61 bits per heavy atom. The fourth-order valence-electron chi connectivity index (χ4n) is 5.47. The van der Waals surface area contributed by atoms with Gasteiger partial charge in [0.2, 0.25) is 5.88 Å². The molecule has 3 heterocycles. The van der Waals surface area contributed by atoms with Gasteiger partial charge in [0.25, 0.3) is 5.56 Å². The first-order valence-corrected chi connectivity index (χ1v) is 13.2. The molecule has 3 aromatic rings. The lowest BCUT2D eigenvalue weighted by molar-refractivity contribution is 0.138. The predicted octanol–water partition coefficient (Wildman–Crippen LogP) is 4.26. The van der Waals surface area contributed by atoms with Crippen molar-refractivity contribution in [3.8, 4) is 5.88 Å². The molecule has 5 rings (SSSR count). The maximum absolute atomic E-state index is 15.0. The number of halogens is 1. The third-order valence-electron chi connectivity index (χ3n) is 7.65. The van der Waals surface area contributed by atoms with Crippen LogP contribution in [0.15, 0.2) is 47.7 Å². The molecule has 2 aromatic heterocycles. The highest BCUT2D eigenvalue weighted by atomic mass is 19.1. The summed E-state index contributed by atoms with van der Waals surface area (Å²) in [6.07, 6.45) is 7.35. The smallest absolute Gasteiger partial charge is 0.254 e. The van der Waals surface area contributed by atoms with Crippen LogP contribution in [0.1, 0.15) is 45.5 Å². The molecule has 0 saturated carbocycles. The highest BCUT2D eigenvalue weighted by molar-refractivity contribution is 5.85. The Bertz CT molecular complexity index is 1380. The molecule has 0 amide bonds. The maximum atomic E-state index is 15.0. The molecule has 9 heteroatoms. The lowest BCUT2D eigenvalue weighted by Gasteiger charge is -2.36. The topological polar surface area (TPSA) is 86.4 Å². The van der Waals surface area contributed by atoms with Crippen LogP contribution in [0.4, 0.5) is 10.1 Å². The van der Waals surface area contributed by atoms with Crippen molar-refractivity contribution in [2.45, 2.75) is 32.2 Å². The fourth-order valence-corrected chi connectivity index (χ4v) is 5.47. The van der Waals surface area contributed by atoms with Crippen LogP contribution in [0.5, 0.6) is 5.88 Å². The van der Waals surface area contributed by atoms with Crippen molar-refractivity contribution in [1.82, 2.24) is 24.8 Å². The summed E-state index contributed by atoms with van der Waals surface area (Å²) in [5.74, 6) is -0.117. The lowest BCUT2D eigenvalue weighted by Crippen LogP contribution is -2.46. The Balaban J connectivity index is 0.00000220. The molecule has 38 heavy (non-hydrogen) atoms. The summed E-state index contributed by atoms with van der Waals surface area (Å²) in [7, 11) is 1.53. The van der Waals surface area contributed by atoms with E-state index < -0.39 is 11.4 Å². The number of anilines is 1. The summed E-state index contributed by atoms with van der Waals surface area (Å²) in [6, 6.07) is 8.31. The van der Waals surface area contributed by atoms with Gasteiger partial charge in [0.15, 0.2) is 0 Å². The Kier molecular flexibility index (Phi) is 7.58. The highest BCUT2D eigenvalue weighted by Crippen LogP contribution is 2.41. The molecule has 1 aromatic carbocycles. The molecule has 1 aliphatic carbocycles. The molecule has 2 N–H and O–H groups in total. The zero-order chi connectivity index (χ0) is 26.7. The second-order valence-electron chi connectivity index (χ2n) is 10.2. The molecule has 1 saturated heterocycles. The SMILES string of the molecule is CCN1CCN(CCc2ccc(NC3(C)CC(c4cncc(OC)n4)=Cc4c(F)c[nH]c(=O)c43)cc2)CC1.[HH].[HH]. The van der Waals surface area contributed by atoms with Crippen LogP contribution < -0.4 is 15.6 Å². The van der Waals surface area contributed by atoms with Gasteiger partial charge < -0.3 is 24.8 Å². The lowest BCUT2D eigenvalue weighted by atomic mass is 9.77. The van der Waals surface area contributed by atoms with Gasteiger partial charge in [-0.3, -0.25) is 9.78 Å². The minimum Gasteiger partial charge on any atom is -0.480 e. The molecule has 0 bridgehead atoms. The number of hydrogen-bond donors (Lipinski definition) is 2. The van der Waals surface area contributed by atoms with Crippen molar-refractivity contribution in [2.75, 3.05) is 51.7 Å². The second-order valence-corrected chi connectivity index (χ2v) is 10.2. The molecule has 0 spiro atoms. The summed E-state index contributed by atoms with van der Waals surface area (Å²) in [5, 5.41) is 3.53. The Labute approximate surface area is 225 Å². The molecule has 204 valence electrons. The zero-order valence-corrected chi connectivity index (χ0v) is 22.3. The minimum absolute atomic E-state index is 0. The van der Waals surface area contributed by atoms with Gasteiger partial charge in [-0.25, -0.2) is 9.37 Å². The number of benzene rings is 1. The minimum atomic E-state index is -0.875.